The van der Waals surface area contributed by atoms with Crippen LogP contribution in [0.15, 0.2) is 84.0 Å². The predicted molar refractivity (Wildman–Crippen MR) is 321 cm³/mol. The minimum Gasteiger partial charge on any atom is -0.508 e. The SMILES string of the molecule is CCCCC(O)C(O)C=CC1=C(CC(O)CO)C2CCC(O)C3NC(C)CCC(C(O)Cc4ccc(cc4CC4(C(=O)O)CCCCC4)CC(C(C)(O)Cc4ccc(O)cc4)(CC#Cc4c(CCCCO)cccc4CC1)N2)C3CC(=O)O. The minimum atomic E-state index is -1.75. The number of aromatic hydroxyl groups is 1. The van der Waals surface area contributed by atoms with Crippen LogP contribution >= 0.6 is 0 Å². The van der Waals surface area contributed by atoms with Crippen LogP contribution in [-0.4, -0.2) is 141 Å². The minimum absolute atomic E-state index is 0.00379. The number of carboxylic acids is 2. The van der Waals surface area contributed by atoms with Crippen molar-refractivity contribution in [3.05, 3.63) is 123 Å². The first-order valence-corrected chi connectivity index (χ1v) is 30.9. The van der Waals surface area contributed by atoms with Crippen LogP contribution in [0.5, 0.6) is 5.75 Å². The molecule has 15 nitrogen and oxygen atoms in total. The number of phenols is 1. The number of aliphatic hydroxyl groups excluding tert-OH is 7. The number of rotatable bonds is 21. The van der Waals surface area contributed by atoms with Gasteiger partial charge < -0.3 is 66.8 Å². The maximum Gasteiger partial charge on any atom is 0.309 e. The number of fused-ring (bicyclic) bond motifs is 6. The summed E-state index contributed by atoms with van der Waals surface area (Å²) >= 11 is 0. The van der Waals surface area contributed by atoms with E-state index in [1.54, 1.807) is 43.3 Å². The molecular weight excluding hydrogens is 1050 g/mol. The van der Waals surface area contributed by atoms with Gasteiger partial charge in [-0.15, -0.1) is 0 Å². The van der Waals surface area contributed by atoms with Crippen molar-refractivity contribution in [3.8, 4) is 17.6 Å². The Balaban J connectivity index is 1.58. The van der Waals surface area contributed by atoms with Crippen molar-refractivity contribution < 1.29 is 65.8 Å². The summed E-state index contributed by atoms with van der Waals surface area (Å²) in [7, 11) is 0. The quantitative estimate of drug-likeness (QED) is 0.0368. The highest BCUT2D eigenvalue weighted by Crippen LogP contribution is 2.44. The first-order chi connectivity index (χ1) is 39.7. The number of benzene rings is 3. The lowest BCUT2D eigenvalue weighted by Gasteiger charge is -2.49. The van der Waals surface area contributed by atoms with E-state index in [-0.39, 0.29) is 76.2 Å². The van der Waals surface area contributed by atoms with Crippen LogP contribution in [0, 0.1) is 29.1 Å². The largest absolute Gasteiger partial charge is 0.508 e. The molecule has 4 aliphatic heterocycles. The van der Waals surface area contributed by atoms with Gasteiger partial charge in [-0.25, -0.2) is 0 Å². The van der Waals surface area contributed by atoms with Gasteiger partial charge in [-0.2, -0.15) is 0 Å². The van der Waals surface area contributed by atoms with Gasteiger partial charge in [0.05, 0.1) is 60.1 Å². The first-order valence-electron chi connectivity index (χ1n) is 30.9. The lowest BCUT2D eigenvalue weighted by atomic mass is 9.68. The Morgan fingerprint density at radius 3 is 2.34 bits per heavy atom. The van der Waals surface area contributed by atoms with Gasteiger partial charge in [0.25, 0.3) is 0 Å². The molecule has 5 aliphatic rings. The fourth-order valence-electron chi connectivity index (χ4n) is 14.1. The number of aliphatic hydroxyl groups is 8. The summed E-state index contributed by atoms with van der Waals surface area (Å²) < 4.78 is 0. The van der Waals surface area contributed by atoms with Gasteiger partial charge in [-0.05, 0) is 185 Å². The Kier molecular flexibility index (Phi) is 24.0. The average Bonchev–Trinajstić information content (AvgIpc) is 3.80. The fourth-order valence-corrected chi connectivity index (χ4v) is 14.1. The molecule has 2 fully saturated rings. The number of hydrogen-bond acceptors (Lipinski definition) is 13. The maximum atomic E-state index is 13.9. The molecule has 1 saturated carbocycles. The van der Waals surface area contributed by atoms with Gasteiger partial charge in [0.2, 0.25) is 0 Å². The number of nitrogens with one attached hydrogen (secondary N) is 2. The van der Waals surface area contributed by atoms with Crippen LogP contribution < -0.4 is 10.6 Å². The third kappa shape index (κ3) is 17.2. The van der Waals surface area contributed by atoms with Crippen molar-refractivity contribution >= 4 is 11.9 Å². The molecule has 15 heteroatoms. The summed E-state index contributed by atoms with van der Waals surface area (Å²) in [5, 5.41) is 134. The Morgan fingerprint density at radius 2 is 1.64 bits per heavy atom. The second-order valence-corrected chi connectivity index (χ2v) is 25.3. The van der Waals surface area contributed by atoms with E-state index < -0.39 is 89.5 Å². The molecule has 13 N–H and O–H groups in total. The molecule has 456 valence electrons. The standard InChI is InChI=1S/C68H96N2O13/c1-4-5-17-59(75)60(76)30-25-49-24-23-48-15-11-14-47(13-7-10-35-71)54(48)16-12-34-68(66(3,83)40-45-20-26-52(73)27-21-45)41-46-19-22-50(51(36-46)42-67(65(81)82)32-8-6-9-33-67)37-62(78)55-28-18-44(2)69-64(57(55)39-63(79)80)61(77)31-29-58(70-68)56(49)38-53(74)43-72/h11,14-15,19-22,25-27,30,36,44,53,55,57-62,64,69-78,83H,4-10,13,17-18,23-24,28-29,31-35,37-43H2,1-3H3,(H,79,80)(H,81,82). The Morgan fingerprint density at radius 1 is 0.880 bits per heavy atom. The summed E-state index contributed by atoms with van der Waals surface area (Å²) in [6, 6.07) is 16.8. The van der Waals surface area contributed by atoms with Crippen LogP contribution in [0.2, 0.25) is 0 Å². The number of allylic oxidation sites excluding steroid dienone is 2. The zero-order chi connectivity index (χ0) is 59.9. The van der Waals surface area contributed by atoms with Gasteiger partial charge >= 0.3 is 11.9 Å². The molecule has 0 radical (unpaired) electrons. The number of hydrogen-bond donors (Lipinski definition) is 13. The molecule has 1 aliphatic carbocycles. The van der Waals surface area contributed by atoms with Crippen LogP contribution in [0.1, 0.15) is 175 Å². The molecular formula is C68H96N2O13. The highest BCUT2D eigenvalue weighted by Gasteiger charge is 2.50. The third-order valence-electron chi connectivity index (χ3n) is 19.1. The number of unbranched alkanes of at least 4 members (excludes halogenated alkanes) is 2. The molecule has 6 bridgehead atoms. The van der Waals surface area contributed by atoms with E-state index in [1.807, 2.05) is 50.2 Å². The Hall–Kier alpha value is -4.96. The van der Waals surface area contributed by atoms with E-state index in [4.69, 9.17) is 0 Å². The van der Waals surface area contributed by atoms with E-state index in [2.05, 4.69) is 22.5 Å². The van der Waals surface area contributed by atoms with E-state index in [9.17, 15) is 65.8 Å². The van der Waals surface area contributed by atoms with Crippen molar-refractivity contribution in [3.63, 3.8) is 0 Å². The molecule has 1 saturated heterocycles. The van der Waals surface area contributed by atoms with Crippen LogP contribution in [-0.2, 0) is 48.1 Å². The number of carboxylic acid groups (broad SMARTS) is 2. The highest BCUT2D eigenvalue weighted by atomic mass is 16.4. The summed E-state index contributed by atoms with van der Waals surface area (Å²) in [5.41, 5.74) is 2.58. The molecule has 0 aromatic heterocycles. The smallest absolute Gasteiger partial charge is 0.309 e. The van der Waals surface area contributed by atoms with Crippen LogP contribution in [0.4, 0.5) is 0 Å². The Bertz CT molecular complexity index is 2720. The average molecular weight is 1150 g/mol. The molecule has 4 heterocycles. The van der Waals surface area contributed by atoms with Gasteiger partial charge in [0.15, 0.2) is 0 Å². The second kappa shape index (κ2) is 30.4. The van der Waals surface area contributed by atoms with Crippen molar-refractivity contribution in [1.29, 1.82) is 0 Å². The zero-order valence-electron chi connectivity index (χ0n) is 49.3. The molecule has 3 aromatic rings. The third-order valence-corrected chi connectivity index (χ3v) is 19.1. The highest BCUT2D eigenvalue weighted by molar-refractivity contribution is 5.75. The fraction of sp³-hybridized carbons (Fsp3) is 0.618. The maximum absolute atomic E-state index is 13.9. The molecule has 12 unspecified atom stereocenters. The summed E-state index contributed by atoms with van der Waals surface area (Å²) in [4.78, 5) is 26.6. The number of phenolic OH excluding ortho intramolecular Hbond substituents is 1. The Labute approximate surface area is 492 Å². The number of aliphatic carboxylic acids is 2. The lowest BCUT2D eigenvalue weighted by Crippen LogP contribution is -2.66. The molecule has 0 spiro atoms. The zero-order valence-corrected chi connectivity index (χ0v) is 49.3. The molecule has 83 heavy (non-hydrogen) atoms. The van der Waals surface area contributed by atoms with Gasteiger partial charge in [0.1, 0.15) is 5.75 Å². The van der Waals surface area contributed by atoms with Crippen molar-refractivity contribution in [2.75, 3.05) is 13.2 Å². The van der Waals surface area contributed by atoms with E-state index in [1.165, 1.54) is 0 Å². The number of aryl methyl sites for hydroxylation is 2. The lowest BCUT2D eigenvalue weighted by molar-refractivity contribution is -0.151. The second-order valence-electron chi connectivity index (χ2n) is 25.3. The molecule has 3 aromatic carbocycles. The summed E-state index contributed by atoms with van der Waals surface area (Å²) in [6.45, 7) is 5.17. The summed E-state index contributed by atoms with van der Waals surface area (Å²) in [5.74, 6) is 3.94. The molecule has 0 amide bonds. The van der Waals surface area contributed by atoms with Crippen molar-refractivity contribution in [1.82, 2.24) is 10.6 Å². The number of carbonyl (C=O) groups is 2. The van der Waals surface area contributed by atoms with Gasteiger partial charge in [-0.3, -0.25) is 9.59 Å². The topological polar surface area (TPSA) is 281 Å². The first kappa shape index (κ1) is 65.6. The predicted octanol–water partition coefficient (Wildman–Crippen LogP) is 7.32. The molecule has 8 rings (SSSR count). The van der Waals surface area contributed by atoms with E-state index in [0.717, 1.165) is 59.1 Å². The van der Waals surface area contributed by atoms with E-state index >= 15 is 0 Å². The van der Waals surface area contributed by atoms with E-state index in [0.29, 0.717) is 87.3 Å². The van der Waals surface area contributed by atoms with Crippen LogP contribution in [0.3, 0.4) is 0 Å². The normalized spacial score (nSPS) is 27.1. The summed E-state index contributed by atoms with van der Waals surface area (Å²) in [6.07, 6.45) is 6.58. The monoisotopic (exact) mass is 1150 g/mol. The van der Waals surface area contributed by atoms with Gasteiger partial charge in [0, 0.05) is 43.1 Å². The van der Waals surface area contributed by atoms with Gasteiger partial charge in [-0.1, -0.05) is 112 Å². The molecule has 12 atom stereocenters. The van der Waals surface area contributed by atoms with Crippen LogP contribution in [0.25, 0.3) is 0 Å². The van der Waals surface area contributed by atoms with Crippen molar-refractivity contribution in [2.45, 2.75) is 235 Å². The van der Waals surface area contributed by atoms with Crippen molar-refractivity contribution in [2.24, 2.45) is 17.3 Å².